The first-order valence-corrected chi connectivity index (χ1v) is 7.85. The number of carbonyl (C=O) groups is 2. The number of carbonyl (C=O) groups excluding carboxylic acids is 2. The van der Waals surface area contributed by atoms with E-state index in [-0.39, 0.29) is 11.9 Å². The zero-order valence-corrected chi connectivity index (χ0v) is 13.9. The number of rotatable bonds is 6. The second-order valence-corrected chi connectivity index (χ2v) is 6.34. The molecule has 0 atom stereocenters. The molecule has 1 heterocycles. The summed E-state index contributed by atoms with van der Waals surface area (Å²) in [6.45, 7) is 8.32. The zero-order chi connectivity index (χ0) is 15.8. The molecule has 0 aromatic rings. The summed E-state index contributed by atoms with van der Waals surface area (Å²) in [4.78, 5) is 29.7. The lowest BCUT2D eigenvalue weighted by molar-refractivity contribution is -0.132. The summed E-state index contributed by atoms with van der Waals surface area (Å²) in [5, 5.41) is 2.94. The summed E-state index contributed by atoms with van der Waals surface area (Å²) in [5.41, 5.74) is 0. The largest absolute Gasteiger partial charge is 0.339 e. The number of hydrogen-bond donors (Lipinski definition) is 1. The highest BCUT2D eigenvalue weighted by molar-refractivity contribution is 5.77. The van der Waals surface area contributed by atoms with Gasteiger partial charge in [-0.2, -0.15) is 0 Å². The Morgan fingerprint density at radius 3 is 2.19 bits per heavy atom. The molecule has 0 aliphatic carbocycles. The molecule has 122 valence electrons. The minimum atomic E-state index is -0.00367. The average Bonchev–Trinajstić information content (AvgIpc) is 2.44. The van der Waals surface area contributed by atoms with Gasteiger partial charge in [-0.05, 0) is 26.4 Å². The van der Waals surface area contributed by atoms with Crippen LogP contribution >= 0.6 is 0 Å². The maximum absolute atomic E-state index is 12.0. The summed E-state index contributed by atoms with van der Waals surface area (Å²) >= 11 is 0. The molecule has 1 rings (SSSR count). The number of nitrogens with one attached hydrogen (secondary N) is 1. The quantitative estimate of drug-likeness (QED) is 0.790. The second kappa shape index (κ2) is 8.87. The lowest BCUT2D eigenvalue weighted by Crippen LogP contribution is -2.53. The average molecular weight is 298 g/mol. The molecule has 21 heavy (non-hydrogen) atoms. The van der Waals surface area contributed by atoms with E-state index in [1.165, 1.54) is 0 Å². The van der Waals surface area contributed by atoms with Gasteiger partial charge in [0.15, 0.2) is 0 Å². The van der Waals surface area contributed by atoms with Gasteiger partial charge in [0.1, 0.15) is 0 Å². The van der Waals surface area contributed by atoms with Crippen LogP contribution in [-0.4, -0.2) is 80.0 Å². The highest BCUT2D eigenvalue weighted by atomic mass is 16.2. The van der Waals surface area contributed by atoms with Crippen LogP contribution in [0.4, 0.5) is 4.79 Å². The highest BCUT2D eigenvalue weighted by Crippen LogP contribution is 2.05. The van der Waals surface area contributed by atoms with Gasteiger partial charge in [-0.3, -0.25) is 4.79 Å². The molecule has 1 aliphatic heterocycles. The number of urea groups is 1. The Labute approximate surface area is 128 Å². The molecule has 0 bridgehead atoms. The number of hydrogen-bond acceptors (Lipinski definition) is 3. The van der Waals surface area contributed by atoms with E-state index in [1.54, 1.807) is 4.90 Å². The van der Waals surface area contributed by atoms with Crippen molar-refractivity contribution in [3.63, 3.8) is 0 Å². The molecule has 1 saturated heterocycles. The summed E-state index contributed by atoms with van der Waals surface area (Å²) in [6.07, 6.45) is 1.54. The van der Waals surface area contributed by atoms with E-state index >= 15 is 0 Å². The summed E-state index contributed by atoms with van der Waals surface area (Å²) in [6, 6.07) is -0.00367. The predicted octanol–water partition coefficient (Wildman–Crippen LogP) is 0.838. The maximum atomic E-state index is 12.0. The van der Waals surface area contributed by atoms with Gasteiger partial charge in [-0.15, -0.1) is 0 Å². The van der Waals surface area contributed by atoms with Gasteiger partial charge < -0.3 is 20.0 Å². The zero-order valence-electron chi connectivity index (χ0n) is 13.9. The molecule has 0 unspecified atom stereocenters. The van der Waals surface area contributed by atoms with Crippen molar-refractivity contribution in [1.82, 2.24) is 20.0 Å². The van der Waals surface area contributed by atoms with Crippen LogP contribution in [-0.2, 0) is 4.79 Å². The molecule has 1 N–H and O–H groups in total. The summed E-state index contributed by atoms with van der Waals surface area (Å²) in [7, 11) is 3.93. The van der Waals surface area contributed by atoms with Crippen LogP contribution in [0.1, 0.15) is 26.7 Å². The van der Waals surface area contributed by atoms with Crippen LogP contribution in [0.25, 0.3) is 0 Å². The Hall–Kier alpha value is -1.30. The second-order valence-electron chi connectivity index (χ2n) is 6.34. The molecule has 1 aliphatic rings. The first-order chi connectivity index (χ1) is 9.90. The van der Waals surface area contributed by atoms with Gasteiger partial charge in [0, 0.05) is 45.7 Å². The van der Waals surface area contributed by atoms with E-state index in [1.807, 2.05) is 23.9 Å². The first kappa shape index (κ1) is 17.8. The van der Waals surface area contributed by atoms with Crippen LogP contribution in [0, 0.1) is 5.92 Å². The molecule has 0 aromatic carbocycles. The molecular weight excluding hydrogens is 268 g/mol. The van der Waals surface area contributed by atoms with E-state index in [4.69, 9.17) is 0 Å². The van der Waals surface area contributed by atoms with Gasteiger partial charge >= 0.3 is 6.03 Å². The summed E-state index contributed by atoms with van der Waals surface area (Å²) in [5.74, 6) is 0.778. The number of piperazine rings is 1. The normalized spacial score (nSPS) is 15.7. The third-order valence-corrected chi connectivity index (χ3v) is 3.69. The molecule has 0 spiro atoms. The standard InChI is InChI=1S/C15H30N4O2/c1-13(2)5-7-16-15(21)19-11-9-18(10-12-19)14(20)6-8-17(3)4/h13H,5-12H2,1-4H3,(H,16,21). The van der Waals surface area contributed by atoms with Crippen molar-refractivity contribution in [3.05, 3.63) is 0 Å². The Balaban J connectivity index is 2.25. The fourth-order valence-electron chi connectivity index (χ4n) is 2.22. The molecule has 6 nitrogen and oxygen atoms in total. The molecule has 6 heteroatoms. The fourth-order valence-corrected chi connectivity index (χ4v) is 2.22. The Morgan fingerprint density at radius 2 is 1.67 bits per heavy atom. The molecular formula is C15H30N4O2. The molecule has 0 aromatic heterocycles. The SMILES string of the molecule is CC(C)CCNC(=O)N1CCN(C(=O)CCN(C)C)CC1. The van der Waals surface area contributed by atoms with Crippen molar-refractivity contribution in [3.8, 4) is 0 Å². The fraction of sp³-hybridized carbons (Fsp3) is 0.867. The highest BCUT2D eigenvalue weighted by Gasteiger charge is 2.23. The van der Waals surface area contributed by atoms with Gasteiger partial charge in [-0.1, -0.05) is 13.8 Å². The maximum Gasteiger partial charge on any atom is 0.317 e. The van der Waals surface area contributed by atoms with E-state index < -0.39 is 0 Å². The minimum Gasteiger partial charge on any atom is -0.339 e. The van der Waals surface area contributed by atoms with Gasteiger partial charge in [0.05, 0.1) is 0 Å². The molecule has 3 amide bonds. The smallest absolute Gasteiger partial charge is 0.317 e. The Morgan fingerprint density at radius 1 is 1.10 bits per heavy atom. The van der Waals surface area contributed by atoms with Crippen LogP contribution in [0.2, 0.25) is 0 Å². The first-order valence-electron chi connectivity index (χ1n) is 7.85. The van der Waals surface area contributed by atoms with E-state index in [0.29, 0.717) is 38.5 Å². The molecule has 0 saturated carbocycles. The van der Waals surface area contributed by atoms with Gasteiger partial charge in [0.2, 0.25) is 5.91 Å². The van der Waals surface area contributed by atoms with E-state index in [2.05, 4.69) is 19.2 Å². The van der Waals surface area contributed by atoms with Crippen molar-refractivity contribution in [2.24, 2.45) is 5.92 Å². The van der Waals surface area contributed by atoms with Crippen molar-refractivity contribution >= 4 is 11.9 Å². The Bertz CT molecular complexity index is 337. The van der Waals surface area contributed by atoms with Crippen molar-refractivity contribution in [2.45, 2.75) is 26.7 Å². The third kappa shape index (κ3) is 6.80. The van der Waals surface area contributed by atoms with E-state index in [9.17, 15) is 9.59 Å². The van der Waals surface area contributed by atoms with Crippen LogP contribution < -0.4 is 5.32 Å². The third-order valence-electron chi connectivity index (χ3n) is 3.69. The Kier molecular flexibility index (Phi) is 7.50. The monoisotopic (exact) mass is 298 g/mol. The number of amides is 3. The van der Waals surface area contributed by atoms with Crippen molar-refractivity contribution in [2.75, 3.05) is 53.4 Å². The van der Waals surface area contributed by atoms with Gasteiger partial charge in [0.25, 0.3) is 0 Å². The molecule has 1 fully saturated rings. The van der Waals surface area contributed by atoms with Crippen molar-refractivity contribution in [1.29, 1.82) is 0 Å². The van der Waals surface area contributed by atoms with E-state index in [0.717, 1.165) is 19.5 Å². The minimum absolute atomic E-state index is 0.00367. The summed E-state index contributed by atoms with van der Waals surface area (Å²) < 4.78 is 0. The van der Waals surface area contributed by atoms with Crippen LogP contribution in [0.15, 0.2) is 0 Å². The van der Waals surface area contributed by atoms with Crippen LogP contribution in [0.3, 0.4) is 0 Å². The molecule has 0 radical (unpaired) electrons. The number of nitrogens with zero attached hydrogens (tertiary/aromatic N) is 3. The lowest BCUT2D eigenvalue weighted by Gasteiger charge is -2.35. The lowest BCUT2D eigenvalue weighted by atomic mass is 10.1. The van der Waals surface area contributed by atoms with Crippen molar-refractivity contribution < 1.29 is 9.59 Å². The predicted molar refractivity (Wildman–Crippen MR) is 84.2 cm³/mol. The van der Waals surface area contributed by atoms with Crippen LogP contribution in [0.5, 0.6) is 0 Å². The van der Waals surface area contributed by atoms with Gasteiger partial charge in [-0.25, -0.2) is 4.79 Å². The topological polar surface area (TPSA) is 55.9 Å².